The van der Waals surface area contributed by atoms with Gasteiger partial charge in [0.1, 0.15) is 0 Å². The summed E-state index contributed by atoms with van der Waals surface area (Å²) in [5.41, 5.74) is 1.27. The van der Waals surface area contributed by atoms with Crippen molar-refractivity contribution in [3.8, 4) is 0 Å². The molecule has 0 spiro atoms. The Bertz CT molecular complexity index is 829. The second-order valence-corrected chi connectivity index (χ2v) is 7.15. The van der Waals surface area contributed by atoms with E-state index in [0.29, 0.717) is 24.3 Å². The summed E-state index contributed by atoms with van der Waals surface area (Å²) in [6.45, 7) is 7.77. The van der Waals surface area contributed by atoms with Crippen molar-refractivity contribution in [2.75, 3.05) is 26.7 Å². The second-order valence-electron chi connectivity index (χ2n) is 7.15. The number of nitrogens with one attached hydrogen (secondary N) is 1. The molecule has 0 aromatic carbocycles. The Morgan fingerprint density at radius 1 is 1.22 bits per heavy atom. The molecule has 1 N–H and O–H groups in total. The van der Waals surface area contributed by atoms with E-state index in [1.807, 2.05) is 22.4 Å². The average molecular weight is 372 g/mol. The van der Waals surface area contributed by atoms with Gasteiger partial charge in [-0.2, -0.15) is 0 Å². The first kappa shape index (κ1) is 19.3. The Hall–Kier alpha value is -2.48. The summed E-state index contributed by atoms with van der Waals surface area (Å²) in [4.78, 5) is 28.4. The van der Waals surface area contributed by atoms with Crippen molar-refractivity contribution < 1.29 is 9.59 Å². The van der Waals surface area contributed by atoms with Gasteiger partial charge in [-0.1, -0.05) is 13.8 Å². The van der Waals surface area contributed by atoms with Crippen molar-refractivity contribution in [1.82, 2.24) is 29.7 Å². The molecule has 27 heavy (non-hydrogen) atoms. The molecule has 3 heterocycles. The Morgan fingerprint density at radius 2 is 1.96 bits per heavy atom. The zero-order chi connectivity index (χ0) is 19.6. The fourth-order valence-corrected chi connectivity index (χ4v) is 3.47. The molecule has 0 aliphatic carbocycles. The highest BCUT2D eigenvalue weighted by molar-refractivity contribution is 5.94. The van der Waals surface area contributed by atoms with Gasteiger partial charge in [0.05, 0.1) is 11.6 Å². The molecule has 8 nitrogen and oxygen atoms in total. The monoisotopic (exact) mass is 372 g/mol. The first-order valence-corrected chi connectivity index (χ1v) is 9.55. The van der Waals surface area contributed by atoms with E-state index in [-0.39, 0.29) is 23.9 Å². The van der Waals surface area contributed by atoms with Crippen molar-refractivity contribution in [1.29, 1.82) is 0 Å². The average Bonchev–Trinajstić information content (AvgIpc) is 3.09. The first-order chi connectivity index (χ1) is 12.9. The number of nitrogens with zero attached hydrogens (tertiary/aromatic N) is 5. The lowest BCUT2D eigenvalue weighted by atomic mass is 10.1. The maximum atomic E-state index is 12.6. The van der Waals surface area contributed by atoms with Crippen LogP contribution < -0.4 is 5.32 Å². The van der Waals surface area contributed by atoms with Gasteiger partial charge in [-0.05, 0) is 32.0 Å². The molecular formula is C19H28N6O2. The lowest BCUT2D eigenvalue weighted by molar-refractivity contribution is -0.131. The number of carbonyl (C=O) groups is 2. The molecule has 0 unspecified atom stereocenters. The van der Waals surface area contributed by atoms with Crippen LogP contribution in [0.2, 0.25) is 0 Å². The summed E-state index contributed by atoms with van der Waals surface area (Å²) in [5.74, 6) is 0.718. The van der Waals surface area contributed by atoms with E-state index in [2.05, 4.69) is 34.3 Å². The molecule has 146 valence electrons. The predicted octanol–water partition coefficient (Wildman–Crippen LogP) is 1.48. The van der Waals surface area contributed by atoms with Gasteiger partial charge >= 0.3 is 0 Å². The van der Waals surface area contributed by atoms with Crippen LogP contribution >= 0.6 is 0 Å². The third-order valence-corrected chi connectivity index (χ3v) is 5.40. The summed E-state index contributed by atoms with van der Waals surface area (Å²) in [7, 11) is 2.02. The standard InChI is InChI=1S/C19H28N6O2/c1-5-15(6-2)20-19(27)14-7-8-17-21-22-18(25(17)11-14)16-12-24(13(3)26)10-9-23(16)4/h7-8,11,15-16H,5-6,9-10,12H2,1-4H3,(H,20,27)/t16-/m0/s1. The lowest BCUT2D eigenvalue weighted by Gasteiger charge is -2.38. The number of fused-ring (bicyclic) bond motifs is 1. The van der Waals surface area contributed by atoms with Crippen LogP contribution in [0.15, 0.2) is 18.3 Å². The maximum Gasteiger partial charge on any atom is 0.252 e. The molecule has 1 atom stereocenters. The SMILES string of the molecule is CCC(CC)NC(=O)c1ccc2nnc([C@@H]3CN(C(C)=O)CCN3C)n2c1. The highest BCUT2D eigenvalue weighted by Crippen LogP contribution is 2.23. The van der Waals surface area contributed by atoms with Crippen LogP contribution in [0, 0.1) is 0 Å². The van der Waals surface area contributed by atoms with E-state index >= 15 is 0 Å². The molecule has 1 fully saturated rings. The molecule has 8 heteroatoms. The summed E-state index contributed by atoms with van der Waals surface area (Å²) >= 11 is 0. The van der Waals surface area contributed by atoms with E-state index < -0.39 is 0 Å². The number of aromatic nitrogens is 3. The van der Waals surface area contributed by atoms with Gasteiger partial charge in [0.2, 0.25) is 5.91 Å². The Kier molecular flexibility index (Phi) is 5.74. The Labute approximate surface area is 159 Å². The van der Waals surface area contributed by atoms with Crippen molar-refractivity contribution in [3.05, 3.63) is 29.7 Å². The predicted molar refractivity (Wildman–Crippen MR) is 102 cm³/mol. The minimum atomic E-state index is -0.0902. The van der Waals surface area contributed by atoms with Crippen molar-refractivity contribution in [2.24, 2.45) is 0 Å². The number of hydrogen-bond acceptors (Lipinski definition) is 5. The van der Waals surface area contributed by atoms with Crippen LogP contribution in [0.5, 0.6) is 0 Å². The molecule has 1 aliphatic rings. The Morgan fingerprint density at radius 3 is 2.63 bits per heavy atom. The van der Waals surface area contributed by atoms with Gasteiger partial charge < -0.3 is 10.2 Å². The summed E-state index contributed by atoms with van der Waals surface area (Å²) in [6, 6.07) is 3.69. The van der Waals surface area contributed by atoms with Gasteiger partial charge in [0.25, 0.3) is 5.91 Å². The number of pyridine rings is 1. The van der Waals surface area contributed by atoms with Crippen molar-refractivity contribution in [2.45, 2.75) is 45.7 Å². The molecule has 1 saturated heterocycles. The van der Waals surface area contributed by atoms with Gasteiger partial charge in [-0.25, -0.2) is 0 Å². The number of hydrogen-bond donors (Lipinski definition) is 1. The molecule has 0 bridgehead atoms. The number of likely N-dealkylation sites (N-methyl/N-ethyl adjacent to an activating group) is 1. The van der Waals surface area contributed by atoms with E-state index in [0.717, 1.165) is 25.2 Å². The number of piperazine rings is 1. The zero-order valence-corrected chi connectivity index (χ0v) is 16.5. The normalized spacial score (nSPS) is 18.3. The minimum absolute atomic E-state index is 0.0602. The van der Waals surface area contributed by atoms with E-state index in [4.69, 9.17) is 0 Å². The topological polar surface area (TPSA) is 82.8 Å². The fraction of sp³-hybridized carbons (Fsp3) is 0.579. The summed E-state index contributed by atoms with van der Waals surface area (Å²) < 4.78 is 1.87. The van der Waals surface area contributed by atoms with E-state index in [9.17, 15) is 9.59 Å². The highest BCUT2D eigenvalue weighted by atomic mass is 16.2. The minimum Gasteiger partial charge on any atom is -0.349 e. The molecule has 2 aromatic heterocycles. The van der Waals surface area contributed by atoms with Crippen LogP contribution in [-0.4, -0.2) is 68.9 Å². The number of carbonyl (C=O) groups excluding carboxylic acids is 2. The summed E-state index contributed by atoms with van der Waals surface area (Å²) in [6.07, 6.45) is 3.59. The third-order valence-electron chi connectivity index (χ3n) is 5.40. The van der Waals surface area contributed by atoms with Gasteiger partial charge in [-0.15, -0.1) is 10.2 Å². The Balaban J connectivity index is 1.90. The van der Waals surface area contributed by atoms with Gasteiger partial charge in [0.15, 0.2) is 11.5 Å². The van der Waals surface area contributed by atoms with Crippen LogP contribution in [-0.2, 0) is 4.79 Å². The first-order valence-electron chi connectivity index (χ1n) is 9.55. The van der Waals surface area contributed by atoms with Crippen LogP contribution in [0.1, 0.15) is 55.8 Å². The molecule has 0 saturated carbocycles. The van der Waals surface area contributed by atoms with Crippen molar-refractivity contribution >= 4 is 17.5 Å². The highest BCUT2D eigenvalue weighted by Gasteiger charge is 2.30. The molecule has 1 aliphatic heterocycles. The fourth-order valence-electron chi connectivity index (χ4n) is 3.47. The molecule has 2 aromatic rings. The molecule has 2 amide bonds. The largest absolute Gasteiger partial charge is 0.349 e. The zero-order valence-electron chi connectivity index (χ0n) is 16.5. The smallest absolute Gasteiger partial charge is 0.252 e. The van der Waals surface area contributed by atoms with Crippen molar-refractivity contribution in [3.63, 3.8) is 0 Å². The van der Waals surface area contributed by atoms with Crippen LogP contribution in [0.25, 0.3) is 5.65 Å². The van der Waals surface area contributed by atoms with Crippen LogP contribution in [0.4, 0.5) is 0 Å². The van der Waals surface area contributed by atoms with Gasteiger partial charge in [-0.3, -0.25) is 18.9 Å². The maximum absolute atomic E-state index is 12.6. The second kappa shape index (κ2) is 8.04. The third kappa shape index (κ3) is 3.95. The number of rotatable bonds is 5. The number of amides is 2. The quantitative estimate of drug-likeness (QED) is 0.860. The van der Waals surface area contributed by atoms with E-state index in [1.54, 1.807) is 19.2 Å². The van der Waals surface area contributed by atoms with E-state index in [1.165, 1.54) is 0 Å². The molecule has 0 radical (unpaired) electrons. The lowest BCUT2D eigenvalue weighted by Crippen LogP contribution is -2.48. The van der Waals surface area contributed by atoms with Crippen LogP contribution in [0.3, 0.4) is 0 Å². The molecule has 3 rings (SSSR count). The van der Waals surface area contributed by atoms with Gasteiger partial charge in [0, 0.05) is 38.8 Å². The molecular weight excluding hydrogens is 344 g/mol. The summed E-state index contributed by atoms with van der Waals surface area (Å²) in [5, 5.41) is 11.7.